The molecule has 0 aromatic heterocycles. The SMILES string of the molecule is O=C(c1ccc(Br)c(O)c1)N1C[C@H]2CCC[C@@H](C1)C2O. The lowest BCUT2D eigenvalue weighted by Gasteiger charge is -2.45. The first kappa shape index (κ1) is 13.9. The molecule has 2 bridgehead atoms. The Morgan fingerprint density at radius 3 is 2.50 bits per heavy atom. The fourth-order valence-corrected chi connectivity index (χ4v) is 3.65. The van der Waals surface area contributed by atoms with Gasteiger partial charge in [-0.2, -0.15) is 0 Å². The van der Waals surface area contributed by atoms with E-state index in [-0.39, 0.29) is 29.6 Å². The summed E-state index contributed by atoms with van der Waals surface area (Å²) in [6.07, 6.45) is 2.87. The standard InChI is InChI=1S/C15H18BrNO3/c16-12-5-4-9(6-13(12)18)15(20)17-7-10-2-1-3-11(8-17)14(10)19/h4-6,10-11,14,18-19H,1-3,7-8H2/t10-,11+,14?. The van der Waals surface area contributed by atoms with Gasteiger partial charge in [0.1, 0.15) is 5.75 Å². The molecule has 20 heavy (non-hydrogen) atoms. The molecule has 2 N–H and O–H groups in total. The van der Waals surface area contributed by atoms with Crippen molar-refractivity contribution in [3.05, 3.63) is 28.2 Å². The molecule has 3 rings (SSSR count). The summed E-state index contributed by atoms with van der Waals surface area (Å²) in [6.45, 7) is 1.24. The lowest BCUT2D eigenvalue weighted by molar-refractivity contribution is -0.0413. The van der Waals surface area contributed by atoms with Crippen LogP contribution >= 0.6 is 15.9 Å². The zero-order valence-corrected chi connectivity index (χ0v) is 12.7. The lowest BCUT2D eigenvalue weighted by Crippen LogP contribution is -2.53. The first-order valence-corrected chi connectivity index (χ1v) is 7.81. The summed E-state index contributed by atoms with van der Waals surface area (Å²) in [5.41, 5.74) is 0.500. The van der Waals surface area contributed by atoms with Crippen molar-refractivity contribution in [1.82, 2.24) is 4.90 Å². The van der Waals surface area contributed by atoms with Gasteiger partial charge in [-0.05, 0) is 47.0 Å². The second-order valence-corrected chi connectivity index (χ2v) is 6.67. The minimum absolute atomic E-state index is 0.0587. The van der Waals surface area contributed by atoms with Crippen molar-refractivity contribution in [2.45, 2.75) is 25.4 Å². The van der Waals surface area contributed by atoms with Crippen molar-refractivity contribution in [3.8, 4) is 5.75 Å². The molecule has 1 saturated heterocycles. The first-order chi connectivity index (χ1) is 9.56. The molecule has 1 aromatic carbocycles. The van der Waals surface area contributed by atoms with E-state index in [1.807, 2.05) is 4.90 Å². The number of hydrogen-bond acceptors (Lipinski definition) is 3. The van der Waals surface area contributed by atoms with Crippen molar-refractivity contribution in [2.75, 3.05) is 13.1 Å². The van der Waals surface area contributed by atoms with Gasteiger partial charge in [0, 0.05) is 30.5 Å². The Hall–Kier alpha value is -1.07. The van der Waals surface area contributed by atoms with Crippen LogP contribution in [0.3, 0.4) is 0 Å². The van der Waals surface area contributed by atoms with Gasteiger partial charge in [0.05, 0.1) is 10.6 Å². The highest BCUT2D eigenvalue weighted by atomic mass is 79.9. The van der Waals surface area contributed by atoms with Gasteiger partial charge < -0.3 is 15.1 Å². The maximum Gasteiger partial charge on any atom is 0.254 e. The highest BCUT2D eigenvalue weighted by Gasteiger charge is 2.39. The zero-order chi connectivity index (χ0) is 14.3. The maximum absolute atomic E-state index is 12.5. The van der Waals surface area contributed by atoms with Gasteiger partial charge >= 0.3 is 0 Å². The van der Waals surface area contributed by atoms with Gasteiger partial charge in [-0.25, -0.2) is 0 Å². The summed E-state index contributed by atoms with van der Waals surface area (Å²) in [4.78, 5) is 14.3. The van der Waals surface area contributed by atoms with E-state index in [9.17, 15) is 15.0 Å². The summed E-state index contributed by atoms with van der Waals surface area (Å²) in [6, 6.07) is 4.89. The van der Waals surface area contributed by atoms with E-state index in [2.05, 4.69) is 15.9 Å². The molecule has 1 heterocycles. The third kappa shape index (κ3) is 2.44. The number of carbonyl (C=O) groups excluding carboxylic acids is 1. The number of benzene rings is 1. The van der Waals surface area contributed by atoms with Gasteiger partial charge in [-0.1, -0.05) is 6.42 Å². The maximum atomic E-state index is 12.5. The molecule has 1 aromatic rings. The van der Waals surface area contributed by atoms with E-state index < -0.39 is 0 Å². The second-order valence-electron chi connectivity index (χ2n) is 5.82. The van der Waals surface area contributed by atoms with Crippen LogP contribution in [0.4, 0.5) is 0 Å². The topological polar surface area (TPSA) is 60.8 Å². The van der Waals surface area contributed by atoms with E-state index in [1.54, 1.807) is 12.1 Å². The monoisotopic (exact) mass is 339 g/mol. The van der Waals surface area contributed by atoms with Gasteiger partial charge in [-0.15, -0.1) is 0 Å². The predicted octanol–water partition coefficient (Wildman–Crippen LogP) is 2.39. The van der Waals surface area contributed by atoms with Crippen LogP contribution in [-0.4, -0.2) is 40.2 Å². The Kier molecular flexibility index (Phi) is 3.73. The molecular weight excluding hydrogens is 322 g/mol. The molecule has 1 saturated carbocycles. The van der Waals surface area contributed by atoms with E-state index in [0.717, 1.165) is 19.3 Å². The number of phenols is 1. The van der Waals surface area contributed by atoms with Gasteiger partial charge in [-0.3, -0.25) is 4.79 Å². The number of carbonyl (C=O) groups is 1. The van der Waals surface area contributed by atoms with Crippen molar-refractivity contribution >= 4 is 21.8 Å². The molecule has 3 atom stereocenters. The largest absolute Gasteiger partial charge is 0.507 e. The number of fused-ring (bicyclic) bond motifs is 2. The summed E-state index contributed by atoms with van der Waals surface area (Å²) < 4.78 is 0.583. The number of phenolic OH excluding ortho intramolecular Hbond substituents is 1. The number of amides is 1. The number of likely N-dealkylation sites (tertiary alicyclic amines) is 1. The number of aromatic hydroxyl groups is 1. The van der Waals surface area contributed by atoms with Crippen LogP contribution in [-0.2, 0) is 0 Å². The Morgan fingerprint density at radius 2 is 1.90 bits per heavy atom. The lowest BCUT2D eigenvalue weighted by atomic mass is 9.75. The van der Waals surface area contributed by atoms with E-state index >= 15 is 0 Å². The number of rotatable bonds is 1. The number of nitrogens with zero attached hydrogens (tertiary/aromatic N) is 1. The molecule has 1 aliphatic heterocycles. The van der Waals surface area contributed by atoms with Crippen molar-refractivity contribution in [3.63, 3.8) is 0 Å². The first-order valence-electron chi connectivity index (χ1n) is 7.02. The molecule has 2 fully saturated rings. The third-order valence-electron chi connectivity index (χ3n) is 4.51. The summed E-state index contributed by atoms with van der Waals surface area (Å²) in [5.74, 6) is 0.427. The number of aliphatic hydroxyl groups is 1. The molecule has 1 amide bonds. The van der Waals surface area contributed by atoms with Gasteiger partial charge in [0.15, 0.2) is 0 Å². The minimum Gasteiger partial charge on any atom is -0.507 e. The zero-order valence-electron chi connectivity index (χ0n) is 11.1. The molecule has 0 radical (unpaired) electrons. The van der Waals surface area contributed by atoms with Crippen LogP contribution < -0.4 is 0 Å². The van der Waals surface area contributed by atoms with Crippen molar-refractivity contribution in [1.29, 1.82) is 0 Å². The molecule has 0 spiro atoms. The van der Waals surface area contributed by atoms with Crippen molar-refractivity contribution in [2.24, 2.45) is 11.8 Å². The Morgan fingerprint density at radius 1 is 1.25 bits per heavy atom. The quantitative estimate of drug-likeness (QED) is 0.825. The smallest absolute Gasteiger partial charge is 0.254 e. The molecule has 1 aliphatic carbocycles. The van der Waals surface area contributed by atoms with Crippen LogP contribution in [0.2, 0.25) is 0 Å². The second kappa shape index (κ2) is 5.37. The Bertz CT molecular complexity index is 520. The van der Waals surface area contributed by atoms with Crippen LogP contribution in [0.5, 0.6) is 5.75 Å². The van der Waals surface area contributed by atoms with E-state index in [1.165, 1.54) is 6.07 Å². The summed E-state index contributed by atoms with van der Waals surface area (Å²) in [7, 11) is 0. The van der Waals surface area contributed by atoms with Crippen molar-refractivity contribution < 1.29 is 15.0 Å². The average molecular weight is 340 g/mol. The Labute approximate surface area is 126 Å². The number of hydrogen-bond donors (Lipinski definition) is 2. The normalized spacial score (nSPS) is 29.3. The third-order valence-corrected chi connectivity index (χ3v) is 5.18. The fourth-order valence-electron chi connectivity index (χ4n) is 3.40. The highest BCUT2D eigenvalue weighted by molar-refractivity contribution is 9.10. The molecule has 108 valence electrons. The molecule has 1 unspecified atom stereocenters. The minimum atomic E-state index is -0.258. The fraction of sp³-hybridized carbons (Fsp3) is 0.533. The molecule has 2 aliphatic rings. The number of aliphatic hydroxyl groups excluding tert-OH is 1. The number of piperidine rings is 1. The summed E-state index contributed by atoms with van der Waals surface area (Å²) in [5, 5.41) is 19.8. The molecule has 4 nitrogen and oxygen atoms in total. The van der Waals surface area contributed by atoms with Gasteiger partial charge in [0.2, 0.25) is 0 Å². The van der Waals surface area contributed by atoms with Crippen LogP contribution in [0.1, 0.15) is 29.6 Å². The summed E-state index contributed by atoms with van der Waals surface area (Å²) >= 11 is 3.21. The average Bonchev–Trinajstić information content (AvgIpc) is 2.41. The highest BCUT2D eigenvalue weighted by Crippen LogP contribution is 2.35. The van der Waals surface area contributed by atoms with E-state index in [0.29, 0.717) is 23.1 Å². The van der Waals surface area contributed by atoms with Crippen LogP contribution in [0.25, 0.3) is 0 Å². The Balaban J connectivity index is 1.79. The number of halogens is 1. The predicted molar refractivity (Wildman–Crippen MR) is 78.5 cm³/mol. The molecule has 5 heteroatoms. The van der Waals surface area contributed by atoms with E-state index in [4.69, 9.17) is 0 Å². The van der Waals surface area contributed by atoms with Crippen LogP contribution in [0, 0.1) is 11.8 Å². The van der Waals surface area contributed by atoms with Crippen LogP contribution in [0.15, 0.2) is 22.7 Å². The van der Waals surface area contributed by atoms with Gasteiger partial charge in [0.25, 0.3) is 5.91 Å². The molecular formula is C15H18BrNO3.